The van der Waals surface area contributed by atoms with E-state index in [1.54, 1.807) is 9.80 Å². The van der Waals surface area contributed by atoms with Gasteiger partial charge in [-0.15, -0.1) is 13.2 Å². The molecule has 0 bridgehead atoms. The van der Waals surface area contributed by atoms with E-state index < -0.39 is 12.5 Å². The molecule has 1 unspecified atom stereocenters. The van der Waals surface area contributed by atoms with E-state index in [9.17, 15) is 22.8 Å². The summed E-state index contributed by atoms with van der Waals surface area (Å²) in [6, 6.07) is 5.75. The van der Waals surface area contributed by atoms with Gasteiger partial charge in [-0.1, -0.05) is 6.92 Å². The number of rotatable bonds is 7. The standard InChI is InChI=1S/C28H33F3N4O5/c1-6-20(16-39-27(37)34-11-9-33(10-12-34)19(4)36)35-15-18(3)26-23(35)13-17(2)25(32-26)22-8-7-21(14-24(22)38-5)40-28(29,30)31/h7-8,13-15,20H,6,9-12,16H2,1-5H3. The van der Waals surface area contributed by atoms with Crippen molar-refractivity contribution in [1.82, 2.24) is 19.4 Å². The molecule has 2 aromatic heterocycles. The van der Waals surface area contributed by atoms with Crippen molar-refractivity contribution >= 4 is 23.0 Å². The normalized spacial score (nSPS) is 14.8. The molecule has 0 aliphatic carbocycles. The number of hydrogen-bond acceptors (Lipinski definition) is 6. The quantitative estimate of drug-likeness (QED) is 0.379. The van der Waals surface area contributed by atoms with Gasteiger partial charge in [0.15, 0.2) is 0 Å². The number of ether oxygens (including phenoxy) is 3. The third-order valence-electron chi connectivity index (χ3n) is 7.09. The van der Waals surface area contributed by atoms with E-state index in [4.69, 9.17) is 14.5 Å². The first-order chi connectivity index (χ1) is 18.9. The van der Waals surface area contributed by atoms with E-state index in [2.05, 4.69) is 4.74 Å². The molecule has 9 nitrogen and oxygen atoms in total. The zero-order valence-corrected chi connectivity index (χ0v) is 23.2. The Morgan fingerprint density at radius 3 is 2.33 bits per heavy atom. The summed E-state index contributed by atoms with van der Waals surface area (Å²) >= 11 is 0. The Kier molecular flexibility index (Phi) is 8.45. The van der Waals surface area contributed by atoms with Gasteiger partial charge in [-0.3, -0.25) is 4.79 Å². The van der Waals surface area contributed by atoms with Crippen LogP contribution in [-0.2, 0) is 9.53 Å². The van der Waals surface area contributed by atoms with Crippen LogP contribution in [0, 0.1) is 13.8 Å². The molecule has 2 amide bonds. The largest absolute Gasteiger partial charge is 0.573 e. The Morgan fingerprint density at radius 1 is 1.05 bits per heavy atom. The van der Waals surface area contributed by atoms with Gasteiger partial charge in [0, 0.05) is 50.9 Å². The van der Waals surface area contributed by atoms with Crippen LogP contribution in [0.25, 0.3) is 22.3 Å². The summed E-state index contributed by atoms with van der Waals surface area (Å²) in [5, 5.41) is 0. The number of methoxy groups -OCH3 is 1. The summed E-state index contributed by atoms with van der Waals surface area (Å²) in [6.45, 7) is 9.32. The topological polar surface area (TPSA) is 86.1 Å². The number of carbonyl (C=O) groups is 2. The molecule has 216 valence electrons. The lowest BCUT2D eigenvalue weighted by Crippen LogP contribution is -2.50. The molecule has 0 saturated carbocycles. The van der Waals surface area contributed by atoms with Gasteiger partial charge < -0.3 is 28.6 Å². The van der Waals surface area contributed by atoms with Crippen LogP contribution >= 0.6 is 0 Å². The highest BCUT2D eigenvalue weighted by Gasteiger charge is 2.31. The van der Waals surface area contributed by atoms with Crippen molar-refractivity contribution < 1.29 is 37.0 Å². The highest BCUT2D eigenvalue weighted by molar-refractivity contribution is 5.85. The number of hydrogen-bond donors (Lipinski definition) is 0. The first-order valence-electron chi connectivity index (χ1n) is 13.0. The Bertz CT molecular complexity index is 1400. The molecule has 40 heavy (non-hydrogen) atoms. The lowest BCUT2D eigenvalue weighted by molar-refractivity contribution is -0.274. The second-order valence-electron chi connectivity index (χ2n) is 9.78. The minimum atomic E-state index is -4.81. The summed E-state index contributed by atoms with van der Waals surface area (Å²) in [5.74, 6) is -0.182. The number of aryl methyl sites for hydroxylation is 2. The number of aromatic nitrogens is 2. The van der Waals surface area contributed by atoms with E-state index >= 15 is 0 Å². The van der Waals surface area contributed by atoms with Crippen LogP contribution < -0.4 is 9.47 Å². The van der Waals surface area contributed by atoms with E-state index in [0.29, 0.717) is 43.9 Å². The van der Waals surface area contributed by atoms with Gasteiger partial charge in [-0.2, -0.15) is 0 Å². The zero-order valence-electron chi connectivity index (χ0n) is 23.2. The molecule has 0 spiro atoms. The number of benzene rings is 1. The van der Waals surface area contributed by atoms with Gasteiger partial charge in [0.1, 0.15) is 18.1 Å². The predicted octanol–water partition coefficient (Wildman–Crippen LogP) is 5.48. The maximum absolute atomic E-state index is 12.7. The van der Waals surface area contributed by atoms with Crippen LogP contribution in [0.2, 0.25) is 0 Å². The minimum absolute atomic E-state index is 0.00749. The molecule has 0 radical (unpaired) electrons. The van der Waals surface area contributed by atoms with Crippen molar-refractivity contribution in [2.45, 2.75) is 46.5 Å². The summed E-state index contributed by atoms with van der Waals surface area (Å²) in [5.41, 5.74) is 4.39. The molecule has 1 atom stereocenters. The number of amides is 2. The average molecular weight is 563 g/mol. The number of fused-ring (bicyclic) bond motifs is 1. The maximum Gasteiger partial charge on any atom is 0.573 e. The molecular formula is C28H33F3N4O5. The molecule has 1 aliphatic heterocycles. The van der Waals surface area contributed by atoms with Crippen molar-refractivity contribution in [3.05, 3.63) is 41.6 Å². The molecular weight excluding hydrogens is 529 g/mol. The summed E-state index contributed by atoms with van der Waals surface area (Å²) in [6.07, 6.45) is -2.55. The van der Waals surface area contributed by atoms with Crippen LogP contribution in [-0.4, -0.2) is 77.6 Å². The first kappa shape index (κ1) is 29.0. The molecule has 1 aromatic carbocycles. The van der Waals surface area contributed by atoms with Crippen LogP contribution in [0.1, 0.15) is 37.4 Å². The Balaban J connectivity index is 1.56. The van der Waals surface area contributed by atoms with Crippen LogP contribution in [0.3, 0.4) is 0 Å². The lowest BCUT2D eigenvalue weighted by atomic mass is 10.0. The number of alkyl halides is 3. The number of carbonyl (C=O) groups excluding carboxylic acids is 2. The lowest BCUT2D eigenvalue weighted by Gasteiger charge is -2.33. The fourth-order valence-electron chi connectivity index (χ4n) is 4.92. The summed E-state index contributed by atoms with van der Waals surface area (Å²) < 4.78 is 55.2. The Labute approximate surface area is 230 Å². The number of pyridine rings is 1. The smallest absolute Gasteiger partial charge is 0.496 e. The predicted molar refractivity (Wildman–Crippen MR) is 142 cm³/mol. The number of halogens is 3. The van der Waals surface area contributed by atoms with Gasteiger partial charge >= 0.3 is 12.5 Å². The third-order valence-corrected chi connectivity index (χ3v) is 7.09. The second-order valence-corrected chi connectivity index (χ2v) is 9.78. The van der Waals surface area contributed by atoms with Crippen molar-refractivity contribution in [2.75, 3.05) is 39.9 Å². The average Bonchev–Trinajstić information content (AvgIpc) is 3.22. The van der Waals surface area contributed by atoms with Gasteiger partial charge in [-0.05, 0) is 49.6 Å². The van der Waals surface area contributed by atoms with Crippen LogP contribution in [0.4, 0.5) is 18.0 Å². The molecule has 1 aliphatic rings. The SMILES string of the molecule is CCC(COC(=O)N1CCN(C(C)=O)CC1)n1cc(C)c2nc(-c3ccc(OC(F)(F)F)cc3OC)c(C)cc21. The first-order valence-corrected chi connectivity index (χ1v) is 13.0. The molecule has 3 heterocycles. The molecule has 1 fully saturated rings. The number of nitrogens with zero attached hydrogens (tertiary/aromatic N) is 4. The Morgan fingerprint density at radius 2 is 1.73 bits per heavy atom. The van der Waals surface area contributed by atoms with E-state index in [0.717, 1.165) is 22.2 Å². The molecule has 0 N–H and O–H groups in total. The van der Waals surface area contributed by atoms with Gasteiger partial charge in [0.25, 0.3) is 0 Å². The summed E-state index contributed by atoms with van der Waals surface area (Å²) in [7, 11) is 1.38. The van der Waals surface area contributed by atoms with Crippen molar-refractivity contribution in [3.8, 4) is 22.8 Å². The highest BCUT2D eigenvalue weighted by atomic mass is 19.4. The fraction of sp³-hybridized carbons (Fsp3) is 0.464. The number of piperazine rings is 1. The second kappa shape index (κ2) is 11.6. The van der Waals surface area contributed by atoms with Gasteiger partial charge in [0.2, 0.25) is 5.91 Å². The molecule has 3 aromatic rings. The van der Waals surface area contributed by atoms with E-state index in [1.807, 2.05) is 37.6 Å². The zero-order chi connectivity index (χ0) is 29.2. The maximum atomic E-state index is 12.7. The van der Waals surface area contributed by atoms with Gasteiger partial charge in [-0.25, -0.2) is 9.78 Å². The van der Waals surface area contributed by atoms with Crippen LogP contribution in [0.15, 0.2) is 30.5 Å². The summed E-state index contributed by atoms with van der Waals surface area (Å²) in [4.78, 5) is 32.4. The van der Waals surface area contributed by atoms with Gasteiger partial charge in [0.05, 0.1) is 29.9 Å². The fourth-order valence-corrected chi connectivity index (χ4v) is 4.92. The third kappa shape index (κ3) is 6.26. The highest BCUT2D eigenvalue weighted by Crippen LogP contribution is 2.37. The monoisotopic (exact) mass is 562 g/mol. The van der Waals surface area contributed by atoms with Crippen molar-refractivity contribution in [3.63, 3.8) is 0 Å². The Hall–Kier alpha value is -3.96. The van der Waals surface area contributed by atoms with E-state index in [-0.39, 0.29) is 30.1 Å². The van der Waals surface area contributed by atoms with E-state index in [1.165, 1.54) is 32.2 Å². The molecule has 1 saturated heterocycles. The van der Waals surface area contributed by atoms with Crippen LogP contribution in [0.5, 0.6) is 11.5 Å². The molecule has 4 rings (SSSR count). The van der Waals surface area contributed by atoms with Crippen molar-refractivity contribution in [2.24, 2.45) is 0 Å². The van der Waals surface area contributed by atoms with Crippen molar-refractivity contribution in [1.29, 1.82) is 0 Å². The molecule has 12 heteroatoms. The minimum Gasteiger partial charge on any atom is -0.496 e.